The van der Waals surface area contributed by atoms with Gasteiger partial charge in [-0.05, 0) is 39.2 Å². The van der Waals surface area contributed by atoms with Crippen LogP contribution in [-0.4, -0.2) is 30.8 Å². The van der Waals surface area contributed by atoms with Crippen molar-refractivity contribution in [1.29, 1.82) is 0 Å². The topological polar surface area (TPSA) is 47.3 Å². The van der Waals surface area contributed by atoms with Gasteiger partial charge in [0.05, 0.1) is 6.10 Å². The number of hydrogen-bond acceptors (Lipinski definition) is 3. The molecule has 0 aromatic carbocycles. The zero-order chi connectivity index (χ0) is 13.9. The molecule has 3 heteroatoms. The fraction of sp³-hybridized carbons (Fsp3) is 1.00. The number of rotatable bonds is 6. The Labute approximate surface area is 118 Å². The third-order valence-electron chi connectivity index (χ3n) is 5.41. The minimum Gasteiger partial charge on any atom is -0.378 e. The van der Waals surface area contributed by atoms with Gasteiger partial charge >= 0.3 is 0 Å². The van der Waals surface area contributed by atoms with Crippen molar-refractivity contribution in [2.24, 2.45) is 11.1 Å². The van der Waals surface area contributed by atoms with E-state index in [2.05, 4.69) is 26.1 Å². The molecular formula is C16H32N2O. The second kappa shape index (κ2) is 6.11. The minimum atomic E-state index is 0.110. The summed E-state index contributed by atoms with van der Waals surface area (Å²) in [4.78, 5) is 0. The van der Waals surface area contributed by atoms with Gasteiger partial charge in [-0.1, -0.05) is 33.1 Å². The highest BCUT2D eigenvalue weighted by Gasteiger charge is 2.48. The van der Waals surface area contributed by atoms with Crippen LogP contribution in [0.2, 0.25) is 0 Å². The number of hydrogen-bond donors (Lipinski definition) is 2. The normalized spacial score (nSPS) is 32.8. The van der Waals surface area contributed by atoms with E-state index < -0.39 is 0 Å². The van der Waals surface area contributed by atoms with Crippen LogP contribution in [0.1, 0.15) is 65.7 Å². The summed E-state index contributed by atoms with van der Waals surface area (Å²) >= 11 is 0. The quantitative estimate of drug-likeness (QED) is 0.779. The smallest absolute Gasteiger partial charge is 0.0655 e. The molecule has 0 saturated heterocycles. The summed E-state index contributed by atoms with van der Waals surface area (Å²) in [6.45, 7) is 8.59. The van der Waals surface area contributed by atoms with Gasteiger partial charge in [-0.25, -0.2) is 0 Å². The minimum absolute atomic E-state index is 0.110. The van der Waals surface area contributed by atoms with Crippen LogP contribution in [-0.2, 0) is 4.74 Å². The maximum Gasteiger partial charge on any atom is 0.0655 e. The molecule has 112 valence electrons. The average molecular weight is 268 g/mol. The van der Waals surface area contributed by atoms with E-state index in [9.17, 15) is 0 Å². The van der Waals surface area contributed by atoms with Crippen LogP contribution >= 0.6 is 0 Å². The predicted molar refractivity (Wildman–Crippen MR) is 80.2 cm³/mol. The van der Waals surface area contributed by atoms with Crippen molar-refractivity contribution < 1.29 is 4.74 Å². The molecule has 2 fully saturated rings. The highest BCUT2D eigenvalue weighted by atomic mass is 16.5. The van der Waals surface area contributed by atoms with Crippen molar-refractivity contribution >= 4 is 0 Å². The Kier molecular flexibility index (Phi) is 4.91. The molecule has 2 atom stereocenters. The summed E-state index contributed by atoms with van der Waals surface area (Å²) in [6.07, 6.45) is 9.14. The van der Waals surface area contributed by atoms with Gasteiger partial charge < -0.3 is 15.8 Å². The Bertz CT molecular complexity index is 284. The SMILES string of the molecule is CCOC1CC(NCCC2(N)CCCCC2)C1(C)C. The summed E-state index contributed by atoms with van der Waals surface area (Å²) in [6, 6.07) is 0.594. The molecule has 0 radical (unpaired) electrons. The molecule has 3 nitrogen and oxygen atoms in total. The first-order chi connectivity index (χ1) is 8.98. The van der Waals surface area contributed by atoms with E-state index in [-0.39, 0.29) is 11.0 Å². The van der Waals surface area contributed by atoms with Gasteiger partial charge in [0.1, 0.15) is 0 Å². The first kappa shape index (κ1) is 15.3. The Hall–Kier alpha value is -0.120. The summed E-state index contributed by atoms with van der Waals surface area (Å²) in [5.74, 6) is 0. The van der Waals surface area contributed by atoms with Crippen LogP contribution in [0.15, 0.2) is 0 Å². The third-order valence-corrected chi connectivity index (χ3v) is 5.41. The molecule has 0 spiro atoms. The lowest BCUT2D eigenvalue weighted by Crippen LogP contribution is -2.61. The Balaban J connectivity index is 1.69. The van der Waals surface area contributed by atoms with E-state index >= 15 is 0 Å². The highest BCUT2D eigenvalue weighted by molar-refractivity contribution is 5.03. The standard InChI is InChI=1S/C16H32N2O/c1-4-19-14-12-13(15(14,2)3)18-11-10-16(17)8-6-5-7-9-16/h13-14,18H,4-12,17H2,1-3H3. The van der Waals surface area contributed by atoms with Gasteiger partial charge in [0.2, 0.25) is 0 Å². The summed E-state index contributed by atoms with van der Waals surface area (Å²) in [5.41, 5.74) is 6.86. The molecule has 2 aliphatic carbocycles. The lowest BCUT2D eigenvalue weighted by atomic mass is 9.64. The van der Waals surface area contributed by atoms with E-state index in [0.717, 1.165) is 26.0 Å². The van der Waals surface area contributed by atoms with Crippen molar-refractivity contribution in [1.82, 2.24) is 5.32 Å². The molecule has 0 amide bonds. The zero-order valence-electron chi connectivity index (χ0n) is 13.0. The fourth-order valence-corrected chi connectivity index (χ4v) is 3.72. The number of nitrogens with two attached hydrogens (primary N) is 1. The van der Waals surface area contributed by atoms with Crippen LogP contribution in [0.4, 0.5) is 0 Å². The monoisotopic (exact) mass is 268 g/mol. The predicted octanol–water partition coefficient (Wildman–Crippen LogP) is 2.83. The van der Waals surface area contributed by atoms with Crippen molar-refractivity contribution in [3.63, 3.8) is 0 Å². The summed E-state index contributed by atoms with van der Waals surface area (Å²) < 4.78 is 5.77. The van der Waals surface area contributed by atoms with Gasteiger partial charge in [0.25, 0.3) is 0 Å². The van der Waals surface area contributed by atoms with Crippen LogP contribution < -0.4 is 11.1 Å². The molecule has 2 saturated carbocycles. The molecule has 0 aliphatic heterocycles. The first-order valence-electron chi connectivity index (χ1n) is 8.12. The molecule has 0 bridgehead atoms. The summed E-state index contributed by atoms with van der Waals surface area (Å²) in [7, 11) is 0. The van der Waals surface area contributed by atoms with Crippen LogP contribution in [0.5, 0.6) is 0 Å². The zero-order valence-corrected chi connectivity index (χ0v) is 13.0. The van der Waals surface area contributed by atoms with Gasteiger partial charge in [-0.3, -0.25) is 0 Å². The highest BCUT2D eigenvalue weighted by Crippen LogP contribution is 2.42. The second-order valence-electron chi connectivity index (χ2n) is 7.18. The van der Waals surface area contributed by atoms with Crippen molar-refractivity contribution in [3.05, 3.63) is 0 Å². The van der Waals surface area contributed by atoms with Crippen molar-refractivity contribution in [2.45, 2.75) is 83.4 Å². The molecule has 0 aromatic rings. The van der Waals surface area contributed by atoms with Crippen LogP contribution in [0, 0.1) is 5.41 Å². The molecule has 0 aromatic heterocycles. The molecular weight excluding hydrogens is 236 g/mol. The lowest BCUT2D eigenvalue weighted by Gasteiger charge is -2.52. The Morgan fingerprint density at radius 1 is 1.21 bits per heavy atom. The maximum absolute atomic E-state index is 6.48. The fourth-order valence-electron chi connectivity index (χ4n) is 3.72. The molecule has 0 heterocycles. The van der Waals surface area contributed by atoms with Crippen molar-refractivity contribution in [2.75, 3.05) is 13.2 Å². The first-order valence-corrected chi connectivity index (χ1v) is 8.12. The van der Waals surface area contributed by atoms with E-state index in [1.807, 2.05) is 0 Å². The van der Waals surface area contributed by atoms with Crippen LogP contribution in [0.25, 0.3) is 0 Å². The van der Waals surface area contributed by atoms with E-state index in [1.54, 1.807) is 0 Å². The molecule has 2 unspecified atom stereocenters. The largest absolute Gasteiger partial charge is 0.378 e. The van der Waals surface area contributed by atoms with E-state index in [0.29, 0.717) is 12.1 Å². The molecule has 2 aliphatic rings. The van der Waals surface area contributed by atoms with Gasteiger partial charge in [-0.15, -0.1) is 0 Å². The van der Waals surface area contributed by atoms with Gasteiger partial charge in [0.15, 0.2) is 0 Å². The Morgan fingerprint density at radius 2 is 1.89 bits per heavy atom. The molecule has 2 rings (SSSR count). The molecule has 19 heavy (non-hydrogen) atoms. The Morgan fingerprint density at radius 3 is 2.47 bits per heavy atom. The summed E-state index contributed by atoms with van der Waals surface area (Å²) in [5, 5.41) is 3.71. The van der Waals surface area contributed by atoms with Gasteiger partial charge in [-0.2, -0.15) is 0 Å². The number of ether oxygens (including phenoxy) is 1. The maximum atomic E-state index is 6.48. The van der Waals surface area contributed by atoms with E-state index in [4.69, 9.17) is 10.5 Å². The lowest BCUT2D eigenvalue weighted by molar-refractivity contribution is -0.114. The molecule has 3 N–H and O–H groups in total. The average Bonchev–Trinajstić information content (AvgIpc) is 2.37. The number of nitrogens with one attached hydrogen (secondary N) is 1. The third kappa shape index (κ3) is 3.50. The van der Waals surface area contributed by atoms with Gasteiger partial charge in [0, 0.05) is 23.6 Å². The van der Waals surface area contributed by atoms with E-state index in [1.165, 1.54) is 32.1 Å². The van der Waals surface area contributed by atoms with Crippen LogP contribution in [0.3, 0.4) is 0 Å². The van der Waals surface area contributed by atoms with Crippen molar-refractivity contribution in [3.8, 4) is 0 Å². The second-order valence-corrected chi connectivity index (χ2v) is 7.18.